The van der Waals surface area contributed by atoms with Gasteiger partial charge in [0.05, 0.1) is 50.0 Å². The van der Waals surface area contributed by atoms with Crippen molar-refractivity contribution >= 4 is 101 Å². The van der Waals surface area contributed by atoms with E-state index >= 15 is 0 Å². The van der Waals surface area contributed by atoms with Gasteiger partial charge >= 0.3 is 17.9 Å². The number of aromatic nitrogens is 3. The second-order valence-corrected chi connectivity index (χ2v) is 25.6. The summed E-state index contributed by atoms with van der Waals surface area (Å²) in [5.74, 6) is -19.5. The van der Waals surface area contributed by atoms with E-state index < -0.39 is 206 Å². The van der Waals surface area contributed by atoms with Gasteiger partial charge in [0.1, 0.15) is 54.1 Å². The highest BCUT2D eigenvalue weighted by Gasteiger charge is 2.37. The Morgan fingerprint density at radius 1 is 0.590 bits per heavy atom. The van der Waals surface area contributed by atoms with Gasteiger partial charge in [-0.05, 0) is 68.9 Å². The van der Waals surface area contributed by atoms with E-state index in [1.165, 1.54) is 0 Å². The molecule has 12 amide bonds. The van der Waals surface area contributed by atoms with Gasteiger partial charge in [-0.2, -0.15) is 0 Å². The minimum Gasteiger partial charge on any atom is -0.481 e. The molecule has 0 saturated carbocycles. The summed E-state index contributed by atoms with van der Waals surface area (Å²) >= 11 is 0. The van der Waals surface area contributed by atoms with Crippen molar-refractivity contribution in [3.05, 3.63) is 83.7 Å². The number of carbonyl (C=O) groups is 16. The van der Waals surface area contributed by atoms with E-state index in [2.05, 4.69) is 79.4 Å². The first-order chi connectivity index (χ1) is 49.8. The van der Waals surface area contributed by atoms with Crippen LogP contribution in [0.25, 0.3) is 0 Å². The van der Waals surface area contributed by atoms with Gasteiger partial charge in [-0.1, -0.05) is 93.1 Å². The summed E-state index contributed by atoms with van der Waals surface area (Å²) in [4.78, 5) is 214. The largest absolute Gasteiger partial charge is 0.481 e. The van der Waals surface area contributed by atoms with Gasteiger partial charge in [0.25, 0.3) is 0 Å². The molecule has 21 N–H and O–H groups in total. The second-order valence-electron chi connectivity index (χ2n) is 25.6. The maximum Gasteiger partial charge on any atom is 0.305 e. The highest BCUT2D eigenvalue weighted by atomic mass is 16.4. The Balaban J connectivity index is 1.47. The molecule has 0 aliphatic carbocycles. The molecule has 38 nitrogen and oxygen atoms in total. The van der Waals surface area contributed by atoms with Crippen molar-refractivity contribution in [1.82, 2.24) is 84.1 Å². The highest BCUT2D eigenvalue weighted by Crippen LogP contribution is 2.14. The number of rotatable bonds is 42. The van der Waals surface area contributed by atoms with Crippen molar-refractivity contribution in [2.45, 2.75) is 185 Å². The lowest BCUT2D eigenvalue weighted by molar-refractivity contribution is -0.144. The Bertz CT molecular complexity index is 3520. The molecule has 1 aliphatic heterocycles. The van der Waals surface area contributed by atoms with E-state index in [-0.39, 0.29) is 76.8 Å². The fourth-order valence-electron chi connectivity index (χ4n) is 10.7. The summed E-state index contributed by atoms with van der Waals surface area (Å²) in [7, 11) is 0. The predicted octanol–water partition coefficient (Wildman–Crippen LogP) is -4.71. The molecule has 3 aromatic rings. The Morgan fingerprint density at radius 3 is 1.75 bits per heavy atom. The van der Waals surface area contributed by atoms with Crippen LogP contribution < -0.4 is 80.6 Å². The lowest BCUT2D eigenvalue weighted by Crippen LogP contribution is -2.58. The molecular weight excluding hydrogens is 1370 g/mol. The topological polar surface area (TPSA) is 597 Å². The summed E-state index contributed by atoms with van der Waals surface area (Å²) in [6, 6.07) is 3.13. The third kappa shape index (κ3) is 33.0. The van der Waals surface area contributed by atoms with E-state index in [1.54, 1.807) is 85.4 Å². The molecule has 1 aromatic heterocycles. The molecule has 574 valence electrons. The molecule has 5 unspecified atom stereocenters. The van der Waals surface area contributed by atoms with Gasteiger partial charge in [-0.15, -0.1) is 5.10 Å². The molecule has 38 heteroatoms. The first kappa shape index (κ1) is 85.9. The number of benzene rings is 2. The standard InChI is InChI=1S/C67H97N19O19/c1-5-6-24-86-36-42(84-85-86)30-43(68)58(97)74-34-52(88)77-49(28-40-18-11-8-12-19-40)65(104)81-46(25-37(2)3)60(99)73-33-41(29-54(90)91)57(96)80-51(32-56(94)95)66(105)82-47(26-38(4)87)59(98)71-22-14-13-20-44-62(101)78-45(21-15-23-72-67(69)70)63(102)83-50(31-55(92)93)61(100)75-35-53(89)76-48(64(103)79-44)27-39-16-9-7-10-17-39/h7-12,16-19,36-37,41,43-51H,5-6,13-15,20-35,68H2,1-4H3,(H,71,98)(H,73,99)(H,74,97)(H,75,100)(H,76,89)(H,77,88)(H,78,101)(H,79,103)(H,80,96)(H,81,104)(H,82,105)(H,83,102)(H,90,91)(H,92,93)(H,94,95)(H4,69,70,72)/t41-,43?,44?,45?,46?,47+,48-,49?,50+,51+/m1/s1. The van der Waals surface area contributed by atoms with Gasteiger partial charge in [0.15, 0.2) is 5.96 Å². The summed E-state index contributed by atoms with van der Waals surface area (Å²) in [5.41, 5.74) is 13.1. The molecule has 105 heavy (non-hydrogen) atoms. The van der Waals surface area contributed by atoms with Crippen LogP contribution in [0, 0.1) is 17.2 Å². The fourth-order valence-corrected chi connectivity index (χ4v) is 10.7. The zero-order chi connectivity index (χ0) is 77.7. The number of carboxylic acid groups (broad SMARTS) is 3. The SMILES string of the molecule is CCCCn1cc(CC(N)C(=O)NCC(=O)NC(Cc2ccccc2)C(=O)NC(CC(C)C)C(=O)NC[C@@H](CC(=O)O)C(=O)N[C@@H](CC(=O)O)C(=O)N[C@@H](CC(C)=O)C(=O)NCCCCC2NC(=O)[C@@H](Cc3ccccc3)NC(=O)CNC(=O)[C@H](CC(=O)O)NC(=O)C(CCCNC(=N)N)NC2=O)nn1. The summed E-state index contributed by atoms with van der Waals surface area (Å²) in [6.07, 6.45) is -0.885. The van der Waals surface area contributed by atoms with Crippen molar-refractivity contribution in [2.24, 2.45) is 23.3 Å². The number of nitrogens with zero attached hydrogens (tertiary/aromatic N) is 3. The van der Waals surface area contributed by atoms with E-state index in [0.717, 1.165) is 19.8 Å². The Hall–Kier alpha value is -11.5. The normalized spacial score (nSPS) is 17.3. The van der Waals surface area contributed by atoms with Gasteiger partial charge in [-0.3, -0.25) is 86.8 Å². The number of amides is 12. The Morgan fingerprint density at radius 2 is 1.15 bits per heavy atom. The second kappa shape index (κ2) is 44.8. The molecule has 0 spiro atoms. The average molecular weight is 1470 g/mol. The van der Waals surface area contributed by atoms with Gasteiger partial charge in [0, 0.05) is 58.1 Å². The summed E-state index contributed by atoms with van der Waals surface area (Å²) < 4.78 is 1.63. The first-order valence-electron chi connectivity index (χ1n) is 34.3. The summed E-state index contributed by atoms with van der Waals surface area (Å²) in [5, 5.41) is 76.8. The van der Waals surface area contributed by atoms with Crippen LogP contribution in [0.15, 0.2) is 66.9 Å². The van der Waals surface area contributed by atoms with Crippen LogP contribution in [0.1, 0.15) is 122 Å². The van der Waals surface area contributed by atoms with Crippen molar-refractivity contribution in [2.75, 3.05) is 32.7 Å². The smallest absolute Gasteiger partial charge is 0.305 e. The Labute approximate surface area is 604 Å². The zero-order valence-electron chi connectivity index (χ0n) is 58.9. The van der Waals surface area contributed by atoms with Crippen LogP contribution in [0.4, 0.5) is 0 Å². The van der Waals surface area contributed by atoms with E-state index in [9.17, 15) is 92.0 Å². The fraction of sp³-hybridized carbons (Fsp3) is 0.537. The van der Waals surface area contributed by atoms with E-state index in [1.807, 2.05) is 6.92 Å². The number of hydrogen-bond donors (Lipinski definition) is 19. The third-order valence-corrected chi connectivity index (χ3v) is 16.1. The number of carbonyl (C=O) groups excluding carboxylic acids is 13. The molecule has 2 aromatic carbocycles. The molecule has 1 fully saturated rings. The number of unbranched alkanes of at least 4 members (excludes halogenated alkanes) is 2. The minimum atomic E-state index is -2.04. The van der Waals surface area contributed by atoms with Crippen LogP contribution in [-0.4, -0.2) is 218 Å². The number of guanidine groups is 1. The summed E-state index contributed by atoms with van der Waals surface area (Å²) in [6.45, 7) is 4.82. The van der Waals surface area contributed by atoms with Crippen LogP contribution in [0.3, 0.4) is 0 Å². The molecule has 0 bridgehead atoms. The lowest BCUT2D eigenvalue weighted by Gasteiger charge is -2.26. The zero-order valence-corrected chi connectivity index (χ0v) is 58.9. The number of aryl methyl sites for hydroxylation is 1. The quantitative estimate of drug-likeness (QED) is 0.0144. The molecule has 1 saturated heterocycles. The number of aliphatic carboxylic acids is 3. The van der Waals surface area contributed by atoms with Gasteiger partial charge < -0.3 is 95.9 Å². The molecule has 1 aliphatic rings. The predicted molar refractivity (Wildman–Crippen MR) is 372 cm³/mol. The number of carboxylic acids is 3. The number of Topliss-reactive ketones (excluding diaryl/α,β-unsaturated/α-hetero) is 1. The van der Waals surface area contributed by atoms with Crippen molar-refractivity contribution in [1.29, 1.82) is 5.41 Å². The molecule has 2 heterocycles. The number of nitrogens with one attached hydrogen (secondary N) is 14. The lowest BCUT2D eigenvalue weighted by atomic mass is 10.00. The molecule has 0 radical (unpaired) electrons. The highest BCUT2D eigenvalue weighted by molar-refractivity contribution is 6.00. The number of hydrogen-bond acceptors (Lipinski definition) is 20. The van der Waals surface area contributed by atoms with Crippen molar-refractivity contribution < 1.29 is 92.0 Å². The van der Waals surface area contributed by atoms with Crippen molar-refractivity contribution in [3.8, 4) is 0 Å². The maximum atomic E-state index is 14.3. The maximum absolute atomic E-state index is 14.3. The van der Waals surface area contributed by atoms with Gasteiger partial charge in [-0.25, -0.2) is 0 Å². The van der Waals surface area contributed by atoms with Crippen LogP contribution in [0.5, 0.6) is 0 Å². The molecule has 4 rings (SSSR count). The van der Waals surface area contributed by atoms with Crippen LogP contribution in [-0.2, 0) is 103 Å². The van der Waals surface area contributed by atoms with Crippen LogP contribution >= 0.6 is 0 Å². The van der Waals surface area contributed by atoms with Crippen molar-refractivity contribution in [3.63, 3.8) is 0 Å². The van der Waals surface area contributed by atoms with Crippen LogP contribution in [0.2, 0.25) is 0 Å². The number of ketones is 1. The number of nitrogens with two attached hydrogens (primary N) is 2. The Kier molecular flexibility index (Phi) is 36.7. The molecular formula is C67H97N19O19. The van der Waals surface area contributed by atoms with E-state index in [0.29, 0.717) is 23.4 Å². The minimum absolute atomic E-state index is 0.00300. The van der Waals surface area contributed by atoms with Gasteiger partial charge in [0.2, 0.25) is 70.9 Å². The van der Waals surface area contributed by atoms with E-state index in [4.69, 9.17) is 16.9 Å². The monoisotopic (exact) mass is 1470 g/mol. The first-order valence-corrected chi connectivity index (χ1v) is 34.3. The third-order valence-electron chi connectivity index (χ3n) is 16.1. The average Bonchev–Trinajstić information content (AvgIpc) is 1.56. The molecule has 10 atom stereocenters.